The summed E-state index contributed by atoms with van der Waals surface area (Å²) in [6.45, 7) is 7.01. The Labute approximate surface area is 128 Å². The van der Waals surface area contributed by atoms with Crippen LogP contribution in [0.2, 0.25) is 5.15 Å². The van der Waals surface area contributed by atoms with E-state index in [1.54, 1.807) is 11.8 Å². The zero-order chi connectivity index (χ0) is 14.3. The van der Waals surface area contributed by atoms with Gasteiger partial charge in [-0.05, 0) is 33.6 Å². The Balaban J connectivity index is 1.72. The molecule has 3 rings (SSSR count). The van der Waals surface area contributed by atoms with E-state index in [0.29, 0.717) is 5.92 Å². The summed E-state index contributed by atoms with van der Waals surface area (Å²) in [6.07, 6.45) is 3.35. The summed E-state index contributed by atoms with van der Waals surface area (Å²) in [5, 5.41) is 10.7. The number of hydrogen-bond donors (Lipinski definition) is 0. The lowest BCUT2D eigenvalue weighted by Gasteiger charge is -2.13. The number of halogens is 1. The Hall–Kier alpha value is -0.680. The average Bonchev–Trinajstić information content (AvgIpc) is 3.11. The molecule has 20 heavy (non-hydrogen) atoms. The van der Waals surface area contributed by atoms with Crippen molar-refractivity contribution >= 4 is 28.4 Å². The molecular formula is C14H20ClN3OS. The fourth-order valence-electron chi connectivity index (χ4n) is 2.36. The fourth-order valence-corrected chi connectivity index (χ4v) is 3.90. The molecule has 0 atom stereocenters. The lowest BCUT2D eigenvalue weighted by molar-refractivity contribution is 0.0123. The Morgan fingerprint density at radius 1 is 1.45 bits per heavy atom. The number of aromatic nitrogens is 2. The van der Waals surface area contributed by atoms with Crippen LogP contribution >= 0.6 is 23.4 Å². The van der Waals surface area contributed by atoms with E-state index in [-0.39, 0.29) is 5.60 Å². The van der Waals surface area contributed by atoms with Crippen LogP contribution in [-0.4, -0.2) is 20.4 Å². The van der Waals surface area contributed by atoms with Crippen molar-refractivity contribution in [2.24, 2.45) is 5.16 Å². The molecule has 2 heterocycles. The second-order valence-corrected chi connectivity index (χ2v) is 7.45. The minimum absolute atomic E-state index is 0.168. The Morgan fingerprint density at radius 2 is 2.20 bits per heavy atom. The van der Waals surface area contributed by atoms with Crippen LogP contribution in [0.15, 0.2) is 5.16 Å². The van der Waals surface area contributed by atoms with Crippen LogP contribution in [0.1, 0.15) is 57.2 Å². The summed E-state index contributed by atoms with van der Waals surface area (Å²) in [6, 6.07) is 0. The van der Waals surface area contributed by atoms with Gasteiger partial charge >= 0.3 is 0 Å². The molecule has 0 N–H and O–H groups in total. The molecule has 0 spiro atoms. The molecule has 110 valence electrons. The maximum absolute atomic E-state index is 6.46. The largest absolute Gasteiger partial charge is 0.389 e. The first-order valence-electron chi connectivity index (χ1n) is 7.13. The maximum atomic E-state index is 6.46. The van der Waals surface area contributed by atoms with Crippen molar-refractivity contribution in [3.05, 3.63) is 16.4 Å². The maximum Gasteiger partial charge on any atom is 0.138 e. The lowest BCUT2D eigenvalue weighted by atomic mass is 10.1. The van der Waals surface area contributed by atoms with Crippen LogP contribution in [0.3, 0.4) is 0 Å². The Morgan fingerprint density at radius 3 is 2.75 bits per heavy atom. The van der Waals surface area contributed by atoms with Gasteiger partial charge in [0.2, 0.25) is 0 Å². The van der Waals surface area contributed by atoms with E-state index in [4.69, 9.17) is 16.4 Å². The van der Waals surface area contributed by atoms with E-state index in [0.717, 1.165) is 28.9 Å². The number of aryl methyl sites for hydroxylation is 1. The topological polar surface area (TPSA) is 39.4 Å². The van der Waals surface area contributed by atoms with Crippen LogP contribution in [0.25, 0.3) is 0 Å². The van der Waals surface area contributed by atoms with Crippen LogP contribution in [0.4, 0.5) is 0 Å². The highest BCUT2D eigenvalue weighted by molar-refractivity contribution is 8.13. The van der Waals surface area contributed by atoms with Crippen molar-refractivity contribution in [3.8, 4) is 0 Å². The minimum atomic E-state index is -0.168. The molecule has 6 heteroatoms. The lowest BCUT2D eigenvalue weighted by Crippen LogP contribution is -2.18. The third-order valence-electron chi connectivity index (χ3n) is 3.63. The van der Waals surface area contributed by atoms with Gasteiger partial charge in [0.1, 0.15) is 15.8 Å². The van der Waals surface area contributed by atoms with Crippen molar-refractivity contribution < 1.29 is 4.84 Å². The van der Waals surface area contributed by atoms with Crippen LogP contribution < -0.4 is 0 Å². The van der Waals surface area contributed by atoms with Gasteiger partial charge < -0.3 is 4.84 Å². The predicted octanol–water partition coefficient (Wildman–Crippen LogP) is 4.18. The molecule has 1 aromatic rings. The molecule has 0 amide bonds. The molecule has 0 radical (unpaired) electrons. The third kappa shape index (κ3) is 2.84. The summed E-state index contributed by atoms with van der Waals surface area (Å²) in [5.74, 6) is 1.46. The molecule has 4 nitrogen and oxygen atoms in total. The van der Waals surface area contributed by atoms with E-state index >= 15 is 0 Å². The van der Waals surface area contributed by atoms with Gasteiger partial charge in [-0.15, -0.1) is 11.8 Å². The van der Waals surface area contributed by atoms with E-state index < -0.39 is 0 Å². The zero-order valence-electron chi connectivity index (χ0n) is 12.1. The third-order valence-corrected chi connectivity index (χ3v) is 5.04. The molecule has 1 saturated carbocycles. The first kappa shape index (κ1) is 14.3. The number of hydrogen-bond acceptors (Lipinski definition) is 4. The highest BCUT2D eigenvalue weighted by Gasteiger charge is 2.33. The fraction of sp³-hybridized carbons (Fsp3) is 0.714. The highest BCUT2D eigenvalue weighted by Crippen LogP contribution is 2.44. The van der Waals surface area contributed by atoms with Gasteiger partial charge in [-0.1, -0.05) is 16.8 Å². The SMILES string of the molecule is CCn1nc(C2CC2)c(CSC2=NOC(C)(C)C2)c1Cl. The molecule has 1 aliphatic heterocycles. The monoisotopic (exact) mass is 313 g/mol. The molecular weight excluding hydrogens is 294 g/mol. The second-order valence-electron chi connectivity index (χ2n) is 6.05. The number of nitrogens with zero attached hydrogens (tertiary/aromatic N) is 3. The van der Waals surface area contributed by atoms with Crippen molar-refractivity contribution in [2.45, 2.75) is 63.9 Å². The minimum Gasteiger partial charge on any atom is -0.389 e. The van der Waals surface area contributed by atoms with Crippen LogP contribution in [0, 0.1) is 0 Å². The smallest absolute Gasteiger partial charge is 0.138 e. The van der Waals surface area contributed by atoms with Gasteiger partial charge in [0, 0.05) is 30.2 Å². The number of oxime groups is 1. The van der Waals surface area contributed by atoms with Crippen molar-refractivity contribution in [1.29, 1.82) is 0 Å². The van der Waals surface area contributed by atoms with Gasteiger partial charge in [-0.3, -0.25) is 4.68 Å². The molecule has 1 aromatic heterocycles. The van der Waals surface area contributed by atoms with Crippen molar-refractivity contribution in [1.82, 2.24) is 9.78 Å². The molecule has 0 bridgehead atoms. The van der Waals surface area contributed by atoms with Crippen molar-refractivity contribution in [2.75, 3.05) is 0 Å². The summed E-state index contributed by atoms with van der Waals surface area (Å²) < 4.78 is 1.90. The van der Waals surface area contributed by atoms with Gasteiger partial charge in [-0.25, -0.2) is 0 Å². The van der Waals surface area contributed by atoms with E-state index in [1.165, 1.54) is 24.1 Å². The summed E-state index contributed by atoms with van der Waals surface area (Å²) in [5.41, 5.74) is 2.22. The van der Waals surface area contributed by atoms with Gasteiger partial charge in [0.05, 0.1) is 5.69 Å². The molecule has 0 saturated heterocycles. The van der Waals surface area contributed by atoms with Gasteiger partial charge in [0.25, 0.3) is 0 Å². The quantitative estimate of drug-likeness (QED) is 0.837. The number of thioether (sulfide) groups is 1. The predicted molar refractivity (Wildman–Crippen MR) is 83.4 cm³/mol. The van der Waals surface area contributed by atoms with E-state index in [9.17, 15) is 0 Å². The standard InChI is InChI=1S/C14H20ClN3OS/c1-4-18-13(15)10(12(16-18)9-5-6-9)8-20-11-7-14(2,3)19-17-11/h9H,4-8H2,1-3H3. The Kier molecular flexibility index (Phi) is 3.75. The zero-order valence-corrected chi connectivity index (χ0v) is 13.7. The summed E-state index contributed by atoms with van der Waals surface area (Å²) in [7, 11) is 0. The van der Waals surface area contributed by atoms with E-state index in [1.807, 2.05) is 4.68 Å². The molecule has 2 aliphatic rings. The first-order chi connectivity index (χ1) is 9.50. The normalized spacial score (nSPS) is 20.9. The highest BCUT2D eigenvalue weighted by atomic mass is 35.5. The van der Waals surface area contributed by atoms with E-state index in [2.05, 4.69) is 31.0 Å². The summed E-state index contributed by atoms with van der Waals surface area (Å²) >= 11 is 8.18. The average molecular weight is 314 g/mol. The molecule has 1 aliphatic carbocycles. The van der Waals surface area contributed by atoms with Gasteiger partial charge in [-0.2, -0.15) is 5.10 Å². The van der Waals surface area contributed by atoms with Crippen LogP contribution in [0.5, 0.6) is 0 Å². The summed E-state index contributed by atoms with van der Waals surface area (Å²) in [4.78, 5) is 5.40. The van der Waals surface area contributed by atoms with Gasteiger partial charge in [0.15, 0.2) is 0 Å². The van der Waals surface area contributed by atoms with Crippen molar-refractivity contribution in [3.63, 3.8) is 0 Å². The van der Waals surface area contributed by atoms with Crippen LogP contribution in [-0.2, 0) is 17.1 Å². The Bertz CT molecular complexity index is 549. The molecule has 0 aromatic carbocycles. The molecule has 0 unspecified atom stereocenters. The first-order valence-corrected chi connectivity index (χ1v) is 8.49. The molecule has 1 fully saturated rings. The second kappa shape index (κ2) is 5.26. The number of rotatable bonds is 4.